The van der Waals surface area contributed by atoms with Crippen LogP contribution in [0.1, 0.15) is 18.4 Å². The van der Waals surface area contributed by atoms with Crippen molar-refractivity contribution in [3.05, 3.63) is 23.6 Å². The molecule has 2 heterocycles. The molecule has 7 heteroatoms. The summed E-state index contributed by atoms with van der Waals surface area (Å²) in [4.78, 5) is 5.84. The summed E-state index contributed by atoms with van der Waals surface area (Å²) in [6, 6.07) is 1.37. The fraction of sp³-hybridized carbons (Fsp3) is 0.615. The summed E-state index contributed by atoms with van der Waals surface area (Å²) in [6.45, 7) is 1.01. The largest absolute Gasteiger partial charge is 0.391 e. The second-order valence-electron chi connectivity index (χ2n) is 4.97. The summed E-state index contributed by atoms with van der Waals surface area (Å²) in [5.74, 6) is -1.11. The van der Waals surface area contributed by atoms with Crippen LogP contribution in [0.3, 0.4) is 0 Å². The SMILES string of the molecule is CNCc1cc(F)cnc1N1CCC(C(F)(F)F)CC1. The van der Waals surface area contributed by atoms with Crippen molar-refractivity contribution < 1.29 is 17.6 Å². The van der Waals surface area contributed by atoms with E-state index in [0.29, 0.717) is 31.0 Å². The van der Waals surface area contributed by atoms with Crippen LogP contribution < -0.4 is 10.2 Å². The van der Waals surface area contributed by atoms with E-state index in [2.05, 4.69) is 10.3 Å². The number of alkyl halides is 3. The number of piperidine rings is 1. The third-order valence-electron chi connectivity index (χ3n) is 3.53. The van der Waals surface area contributed by atoms with Crippen molar-refractivity contribution in [2.24, 2.45) is 5.92 Å². The van der Waals surface area contributed by atoms with Gasteiger partial charge >= 0.3 is 6.18 Å². The van der Waals surface area contributed by atoms with Crippen molar-refractivity contribution in [1.29, 1.82) is 0 Å². The summed E-state index contributed by atoms with van der Waals surface area (Å²) in [5, 5.41) is 2.91. The van der Waals surface area contributed by atoms with Crippen molar-refractivity contribution >= 4 is 5.82 Å². The maximum atomic E-state index is 13.2. The molecule has 1 fully saturated rings. The van der Waals surface area contributed by atoms with Crippen LogP contribution in [0.4, 0.5) is 23.4 Å². The molecule has 0 amide bonds. The number of pyridine rings is 1. The fourth-order valence-corrected chi connectivity index (χ4v) is 2.50. The molecule has 1 aliphatic heterocycles. The van der Waals surface area contributed by atoms with Gasteiger partial charge in [0.25, 0.3) is 0 Å². The highest BCUT2D eigenvalue weighted by molar-refractivity contribution is 5.47. The quantitative estimate of drug-likeness (QED) is 0.868. The standard InChI is InChI=1S/C13H17F4N3/c1-18-7-9-6-11(14)8-19-12(9)20-4-2-10(3-5-20)13(15,16)17/h6,8,10,18H,2-5,7H2,1H3. The van der Waals surface area contributed by atoms with Crippen LogP contribution in [0.5, 0.6) is 0 Å². The van der Waals surface area contributed by atoms with Gasteiger partial charge in [0.05, 0.1) is 12.1 Å². The number of hydrogen-bond acceptors (Lipinski definition) is 3. The van der Waals surface area contributed by atoms with Gasteiger partial charge in [-0.05, 0) is 26.0 Å². The van der Waals surface area contributed by atoms with E-state index in [1.165, 1.54) is 6.07 Å². The molecular formula is C13H17F4N3. The molecule has 3 nitrogen and oxygen atoms in total. The predicted molar refractivity (Wildman–Crippen MR) is 68.0 cm³/mol. The Morgan fingerprint density at radius 3 is 2.55 bits per heavy atom. The van der Waals surface area contributed by atoms with Gasteiger partial charge in [-0.25, -0.2) is 9.37 Å². The third-order valence-corrected chi connectivity index (χ3v) is 3.53. The Hall–Kier alpha value is -1.37. The molecule has 0 atom stereocenters. The van der Waals surface area contributed by atoms with Crippen molar-refractivity contribution in [1.82, 2.24) is 10.3 Å². The van der Waals surface area contributed by atoms with Gasteiger partial charge in [0.1, 0.15) is 11.6 Å². The minimum absolute atomic E-state index is 0.0571. The smallest absolute Gasteiger partial charge is 0.356 e. The number of nitrogens with zero attached hydrogens (tertiary/aromatic N) is 2. The van der Waals surface area contributed by atoms with E-state index >= 15 is 0 Å². The fourth-order valence-electron chi connectivity index (χ4n) is 2.50. The highest BCUT2D eigenvalue weighted by Crippen LogP contribution is 2.35. The van der Waals surface area contributed by atoms with Gasteiger partial charge in [-0.15, -0.1) is 0 Å². The first-order valence-corrected chi connectivity index (χ1v) is 6.52. The Balaban J connectivity index is 2.10. The molecule has 1 aromatic rings. The summed E-state index contributed by atoms with van der Waals surface area (Å²) in [7, 11) is 1.73. The molecule has 1 saturated heterocycles. The minimum atomic E-state index is -4.13. The molecule has 0 radical (unpaired) electrons. The van der Waals surface area contributed by atoms with Crippen molar-refractivity contribution in [2.75, 3.05) is 25.0 Å². The minimum Gasteiger partial charge on any atom is -0.356 e. The van der Waals surface area contributed by atoms with E-state index in [1.807, 2.05) is 0 Å². The van der Waals surface area contributed by atoms with Crippen LogP contribution in [-0.4, -0.2) is 31.3 Å². The van der Waals surface area contributed by atoms with Crippen molar-refractivity contribution in [3.8, 4) is 0 Å². The van der Waals surface area contributed by atoms with Crippen molar-refractivity contribution in [2.45, 2.75) is 25.6 Å². The second kappa shape index (κ2) is 5.95. The summed E-state index contributed by atoms with van der Waals surface area (Å²) < 4.78 is 51.1. The lowest BCUT2D eigenvalue weighted by atomic mass is 9.96. The normalized spacial score (nSPS) is 17.6. The van der Waals surface area contributed by atoms with Gasteiger partial charge in [-0.1, -0.05) is 0 Å². The third kappa shape index (κ3) is 3.39. The zero-order valence-electron chi connectivity index (χ0n) is 11.2. The van der Waals surface area contributed by atoms with Gasteiger partial charge in [-0.3, -0.25) is 0 Å². The highest BCUT2D eigenvalue weighted by atomic mass is 19.4. The average Bonchev–Trinajstić information content (AvgIpc) is 2.38. The number of halogens is 4. The number of nitrogens with one attached hydrogen (secondary N) is 1. The van der Waals surface area contributed by atoms with E-state index in [0.717, 1.165) is 6.20 Å². The number of rotatable bonds is 3. The molecule has 1 N–H and O–H groups in total. The van der Waals surface area contributed by atoms with Gasteiger partial charge < -0.3 is 10.2 Å². The molecule has 0 unspecified atom stereocenters. The Kier molecular flexibility index (Phi) is 4.47. The van der Waals surface area contributed by atoms with Crippen LogP contribution in [0.2, 0.25) is 0 Å². The van der Waals surface area contributed by atoms with Gasteiger partial charge in [-0.2, -0.15) is 13.2 Å². The van der Waals surface area contributed by atoms with E-state index in [1.54, 1.807) is 11.9 Å². The molecule has 1 aliphatic rings. The van der Waals surface area contributed by atoms with E-state index in [9.17, 15) is 17.6 Å². The van der Waals surface area contributed by atoms with E-state index < -0.39 is 17.9 Å². The van der Waals surface area contributed by atoms with E-state index in [-0.39, 0.29) is 12.8 Å². The molecule has 1 aromatic heterocycles. The maximum Gasteiger partial charge on any atom is 0.391 e. The average molecular weight is 291 g/mol. The van der Waals surface area contributed by atoms with Gasteiger partial charge in [0.15, 0.2) is 0 Å². The molecule has 20 heavy (non-hydrogen) atoms. The first-order chi connectivity index (χ1) is 9.41. The van der Waals surface area contributed by atoms with Gasteiger partial charge in [0.2, 0.25) is 0 Å². The molecular weight excluding hydrogens is 274 g/mol. The predicted octanol–water partition coefficient (Wildman–Crippen LogP) is 2.72. The van der Waals surface area contributed by atoms with Crippen LogP contribution >= 0.6 is 0 Å². The lowest BCUT2D eigenvalue weighted by molar-refractivity contribution is -0.179. The molecule has 0 aromatic carbocycles. The Labute approximate surface area is 115 Å². The topological polar surface area (TPSA) is 28.2 Å². The monoisotopic (exact) mass is 291 g/mol. The Morgan fingerprint density at radius 1 is 1.35 bits per heavy atom. The number of hydrogen-bond donors (Lipinski definition) is 1. The molecule has 2 rings (SSSR count). The zero-order valence-corrected chi connectivity index (χ0v) is 11.2. The Bertz CT molecular complexity index is 453. The van der Waals surface area contributed by atoms with Crippen LogP contribution in [0.25, 0.3) is 0 Å². The molecule has 0 bridgehead atoms. The Morgan fingerprint density at radius 2 is 2.00 bits per heavy atom. The summed E-state index contributed by atoms with van der Waals surface area (Å²) in [6.07, 6.45) is -2.91. The van der Waals surface area contributed by atoms with E-state index in [4.69, 9.17) is 0 Å². The first kappa shape index (κ1) is 15.0. The van der Waals surface area contributed by atoms with Crippen LogP contribution in [-0.2, 0) is 6.54 Å². The zero-order chi connectivity index (χ0) is 14.8. The summed E-state index contributed by atoms with van der Waals surface area (Å²) in [5.41, 5.74) is 0.665. The van der Waals surface area contributed by atoms with Gasteiger partial charge in [0, 0.05) is 25.2 Å². The van der Waals surface area contributed by atoms with Crippen LogP contribution in [0.15, 0.2) is 12.3 Å². The maximum absolute atomic E-state index is 13.2. The summed E-state index contributed by atoms with van der Waals surface area (Å²) >= 11 is 0. The first-order valence-electron chi connectivity index (χ1n) is 6.52. The lowest BCUT2D eigenvalue weighted by Gasteiger charge is -2.34. The molecule has 112 valence electrons. The van der Waals surface area contributed by atoms with Crippen LogP contribution in [0, 0.1) is 11.7 Å². The molecule has 0 aliphatic carbocycles. The molecule has 0 spiro atoms. The second-order valence-corrected chi connectivity index (χ2v) is 4.97. The number of aromatic nitrogens is 1. The highest BCUT2D eigenvalue weighted by Gasteiger charge is 2.41. The lowest BCUT2D eigenvalue weighted by Crippen LogP contribution is -2.40. The molecule has 0 saturated carbocycles. The number of anilines is 1. The van der Waals surface area contributed by atoms with Crippen molar-refractivity contribution in [3.63, 3.8) is 0 Å².